The fourth-order valence-corrected chi connectivity index (χ4v) is 2.99. The van der Waals surface area contributed by atoms with Crippen molar-refractivity contribution in [3.8, 4) is 22.7 Å². The summed E-state index contributed by atoms with van der Waals surface area (Å²) in [7, 11) is 1.60. The third-order valence-electron chi connectivity index (χ3n) is 4.44. The van der Waals surface area contributed by atoms with Crippen molar-refractivity contribution in [2.24, 2.45) is 10.7 Å². The van der Waals surface area contributed by atoms with Gasteiger partial charge in [-0.1, -0.05) is 0 Å². The number of anilines is 1. The molecule has 31 heavy (non-hydrogen) atoms. The van der Waals surface area contributed by atoms with Crippen LogP contribution in [-0.2, 0) is 0 Å². The van der Waals surface area contributed by atoms with Crippen LogP contribution in [0.5, 0.6) is 5.75 Å². The maximum absolute atomic E-state index is 13.1. The molecule has 0 amide bonds. The highest BCUT2D eigenvalue weighted by atomic mass is 19.1. The second-order valence-corrected chi connectivity index (χ2v) is 6.70. The largest absolute Gasteiger partial charge is 0.494 e. The van der Waals surface area contributed by atoms with E-state index in [-0.39, 0.29) is 13.2 Å². The Morgan fingerprint density at radius 2 is 2.00 bits per heavy atom. The number of nitrogens with zero attached hydrogens (tertiary/aromatic N) is 5. The molecule has 158 valence electrons. The molecule has 0 aliphatic carbocycles. The Balaban J connectivity index is 0.00000289. The summed E-state index contributed by atoms with van der Waals surface area (Å²) in [5, 5.41) is 3.02. The first-order chi connectivity index (χ1) is 15.0. The van der Waals surface area contributed by atoms with Gasteiger partial charge in [0, 0.05) is 24.9 Å². The fourth-order valence-electron chi connectivity index (χ4n) is 2.99. The van der Waals surface area contributed by atoms with Gasteiger partial charge < -0.3 is 20.4 Å². The monoisotopic (exact) mass is 419 g/mol. The molecule has 0 aliphatic rings. The Morgan fingerprint density at radius 1 is 1.19 bits per heavy atom. The zero-order valence-corrected chi connectivity index (χ0v) is 17.0. The first kappa shape index (κ1) is 20.0. The number of aromatic nitrogens is 4. The summed E-state index contributed by atoms with van der Waals surface area (Å²) in [4.78, 5) is 17.1. The molecule has 4 rings (SSSR count). The lowest BCUT2D eigenvalue weighted by Crippen LogP contribution is -2.22. The van der Waals surface area contributed by atoms with Gasteiger partial charge in [0.05, 0.1) is 42.9 Å². The van der Waals surface area contributed by atoms with Crippen molar-refractivity contribution in [1.82, 2.24) is 19.5 Å². The maximum Gasteiger partial charge on any atom is 0.199 e. The van der Waals surface area contributed by atoms with Gasteiger partial charge in [-0.15, -0.1) is 0 Å². The van der Waals surface area contributed by atoms with Gasteiger partial charge in [-0.25, -0.2) is 14.4 Å². The number of imidazole rings is 1. The summed E-state index contributed by atoms with van der Waals surface area (Å²) in [6.45, 7) is 1.92. The highest BCUT2D eigenvalue weighted by Crippen LogP contribution is 2.27. The van der Waals surface area contributed by atoms with E-state index in [1.54, 1.807) is 31.8 Å². The minimum Gasteiger partial charge on any atom is -0.494 e. The fraction of sp³-hybridized carbons (Fsp3) is 0.0909. The van der Waals surface area contributed by atoms with Gasteiger partial charge in [-0.05, 0) is 43.3 Å². The molecule has 0 fully saturated rings. The first-order valence-electron chi connectivity index (χ1n) is 9.40. The number of rotatable bonds is 5. The van der Waals surface area contributed by atoms with Crippen LogP contribution in [0.4, 0.5) is 15.9 Å². The lowest BCUT2D eigenvalue weighted by molar-refractivity contribution is 0.413. The summed E-state index contributed by atoms with van der Waals surface area (Å²) in [6, 6.07) is 11.6. The third kappa shape index (κ3) is 4.67. The van der Waals surface area contributed by atoms with Crippen LogP contribution in [0.3, 0.4) is 0 Å². The van der Waals surface area contributed by atoms with E-state index >= 15 is 0 Å². The van der Waals surface area contributed by atoms with E-state index in [2.05, 4.69) is 25.3 Å². The molecule has 0 unspecified atom stereocenters. The van der Waals surface area contributed by atoms with Gasteiger partial charge in [-0.3, -0.25) is 4.98 Å². The molecule has 0 bridgehead atoms. The molecule has 0 saturated heterocycles. The maximum atomic E-state index is 13.1. The van der Waals surface area contributed by atoms with Gasteiger partial charge >= 0.3 is 0 Å². The number of hydrogen-bond donors (Lipinski definition) is 2. The first-order valence-corrected chi connectivity index (χ1v) is 9.40. The number of aryl methyl sites for hydroxylation is 1. The van der Waals surface area contributed by atoms with Crippen molar-refractivity contribution in [3.05, 3.63) is 78.9 Å². The van der Waals surface area contributed by atoms with Crippen LogP contribution in [0, 0.1) is 12.7 Å². The third-order valence-corrected chi connectivity index (χ3v) is 4.44. The number of nitrogens with two attached hydrogens (primary N) is 1. The summed E-state index contributed by atoms with van der Waals surface area (Å²) in [5.74, 6) is 0.792. The molecule has 0 aliphatic heterocycles. The quantitative estimate of drug-likeness (QED) is 0.373. The van der Waals surface area contributed by atoms with Gasteiger partial charge in [0.15, 0.2) is 11.8 Å². The van der Waals surface area contributed by atoms with Crippen molar-refractivity contribution in [2.75, 3.05) is 12.4 Å². The summed E-state index contributed by atoms with van der Waals surface area (Å²) >= 11 is 0. The molecular formula is C22H22FN7O. The van der Waals surface area contributed by atoms with Crippen molar-refractivity contribution in [2.45, 2.75) is 6.92 Å². The highest BCUT2D eigenvalue weighted by Gasteiger charge is 2.08. The molecule has 2 aromatic carbocycles. The van der Waals surface area contributed by atoms with Crippen molar-refractivity contribution < 1.29 is 10.6 Å². The van der Waals surface area contributed by atoms with E-state index in [4.69, 9.17) is 10.5 Å². The minimum absolute atomic E-state index is 0. The normalized spacial score (nSPS) is 11.4. The van der Waals surface area contributed by atoms with Gasteiger partial charge in [-0.2, -0.15) is 4.99 Å². The van der Waals surface area contributed by atoms with Crippen molar-refractivity contribution in [3.63, 3.8) is 0 Å². The van der Waals surface area contributed by atoms with Crippen LogP contribution in [0.2, 0.25) is 0 Å². The molecule has 0 spiro atoms. The molecule has 0 atom stereocenters. The average Bonchev–Trinajstić information content (AvgIpc) is 3.20. The number of guanidine groups is 1. The van der Waals surface area contributed by atoms with Crippen molar-refractivity contribution in [1.29, 1.82) is 0 Å². The summed E-state index contributed by atoms with van der Waals surface area (Å²) in [6.07, 6.45) is 6.71. The van der Waals surface area contributed by atoms with Crippen LogP contribution in [0.1, 0.15) is 7.12 Å². The van der Waals surface area contributed by atoms with Crippen LogP contribution >= 0.6 is 0 Å². The highest BCUT2D eigenvalue weighted by molar-refractivity contribution is 5.94. The van der Waals surface area contributed by atoms with E-state index in [1.165, 1.54) is 18.3 Å². The molecular weight excluding hydrogens is 397 g/mol. The van der Waals surface area contributed by atoms with Crippen LogP contribution in [-0.4, -0.2) is 32.6 Å². The van der Waals surface area contributed by atoms with E-state index in [0.717, 1.165) is 16.9 Å². The Bertz CT molecular complexity index is 1240. The number of benzene rings is 2. The minimum atomic E-state index is -0.316. The van der Waals surface area contributed by atoms with Gasteiger partial charge in [0.25, 0.3) is 0 Å². The Morgan fingerprint density at radius 3 is 2.71 bits per heavy atom. The second-order valence-electron chi connectivity index (χ2n) is 6.70. The zero-order valence-electron chi connectivity index (χ0n) is 17.0. The lowest BCUT2D eigenvalue weighted by atomic mass is 10.1. The van der Waals surface area contributed by atoms with E-state index < -0.39 is 0 Å². The standard InChI is InChI=1S/C22H20FN7O.H2/c1-14-12-30(13-26-14)19-8-7-17(9-20(19)31-2)27-22(24)29-21-11-25-10-18(28-21)15-3-5-16(23)6-4-15;/h3-13H,1-2H3,(H3,24,27,28,29);1H. The number of hydrogen-bond acceptors (Lipinski definition) is 5. The van der Waals surface area contributed by atoms with E-state index in [1.807, 2.05) is 35.9 Å². The van der Waals surface area contributed by atoms with Gasteiger partial charge in [0.2, 0.25) is 0 Å². The van der Waals surface area contributed by atoms with Crippen LogP contribution < -0.4 is 15.8 Å². The Hall–Kier alpha value is -4.27. The Kier molecular flexibility index (Phi) is 5.57. The molecule has 3 N–H and O–H groups in total. The molecule has 2 aromatic heterocycles. The number of halogens is 1. The predicted octanol–water partition coefficient (Wildman–Crippen LogP) is 4.09. The molecule has 0 saturated carbocycles. The molecule has 9 heteroatoms. The average molecular weight is 419 g/mol. The number of nitrogens with one attached hydrogen (secondary N) is 1. The number of aliphatic imine (C=N–C) groups is 1. The van der Waals surface area contributed by atoms with Crippen LogP contribution in [0.15, 0.2) is 72.4 Å². The number of methoxy groups -OCH3 is 1. The number of ether oxygens (including phenoxy) is 1. The van der Waals surface area contributed by atoms with Crippen molar-refractivity contribution >= 4 is 17.5 Å². The lowest BCUT2D eigenvalue weighted by Gasteiger charge is -2.12. The van der Waals surface area contributed by atoms with E-state index in [9.17, 15) is 4.39 Å². The van der Waals surface area contributed by atoms with E-state index in [0.29, 0.717) is 22.9 Å². The SMILES string of the molecule is COc1cc(NC(N)=Nc2cncc(-c3ccc(F)cc3)n2)ccc1-n1cnc(C)c1.[HH]. The second kappa shape index (κ2) is 8.62. The molecule has 2 heterocycles. The van der Waals surface area contributed by atoms with Crippen LogP contribution in [0.25, 0.3) is 16.9 Å². The topological polar surface area (TPSA) is 103 Å². The predicted molar refractivity (Wildman–Crippen MR) is 119 cm³/mol. The summed E-state index contributed by atoms with van der Waals surface area (Å²) < 4.78 is 20.5. The Labute approximate surface area is 179 Å². The zero-order chi connectivity index (χ0) is 21.8. The molecule has 8 nitrogen and oxygen atoms in total. The van der Waals surface area contributed by atoms with Gasteiger partial charge in [0.1, 0.15) is 11.6 Å². The molecule has 0 radical (unpaired) electrons. The summed E-state index contributed by atoms with van der Waals surface area (Å²) in [5.41, 5.74) is 9.80. The molecule has 4 aromatic rings. The smallest absolute Gasteiger partial charge is 0.199 e.